The Kier molecular flexibility index (Phi) is 4.75. The van der Waals surface area contributed by atoms with E-state index >= 15 is 0 Å². The van der Waals surface area contributed by atoms with Crippen LogP contribution >= 0.6 is 0 Å². The van der Waals surface area contributed by atoms with Crippen LogP contribution in [0.1, 0.15) is 41.4 Å². The summed E-state index contributed by atoms with van der Waals surface area (Å²) in [5.41, 5.74) is 3.28. The summed E-state index contributed by atoms with van der Waals surface area (Å²) < 4.78 is 27.0. The van der Waals surface area contributed by atoms with Crippen LogP contribution in [0.5, 0.6) is 0 Å². The molecule has 1 unspecified atom stereocenters. The molecule has 2 aromatic heterocycles. The van der Waals surface area contributed by atoms with Gasteiger partial charge in [0.2, 0.25) is 0 Å². The maximum absolute atomic E-state index is 12.6. The lowest BCUT2D eigenvalue weighted by molar-refractivity contribution is 0.282. The van der Waals surface area contributed by atoms with E-state index in [4.69, 9.17) is 5.11 Å². The monoisotopic (exact) mass is 384 g/mol. The standard InChI is InChI=1S/C19H20N4O3S/c24-12-14-6-8-17(9-7-14)27(25,26)13-16-11-23(22-21-16)18-5-1-3-15-4-2-10-20-19(15)18/h2,4,6-11,18,24H,1,3,5,12-13H2. The summed E-state index contributed by atoms with van der Waals surface area (Å²) in [5, 5.41) is 17.3. The predicted molar refractivity (Wildman–Crippen MR) is 98.6 cm³/mol. The van der Waals surface area contributed by atoms with Crippen molar-refractivity contribution in [3.05, 3.63) is 71.3 Å². The number of sulfone groups is 1. The van der Waals surface area contributed by atoms with Crippen LogP contribution in [0, 0.1) is 0 Å². The molecule has 4 rings (SSSR count). The maximum atomic E-state index is 12.6. The van der Waals surface area contributed by atoms with Crippen LogP contribution in [0.15, 0.2) is 53.7 Å². The van der Waals surface area contributed by atoms with Crippen molar-refractivity contribution in [3.63, 3.8) is 0 Å². The van der Waals surface area contributed by atoms with Crippen LogP contribution in [0.25, 0.3) is 0 Å². The Bertz CT molecular complexity index is 1040. The summed E-state index contributed by atoms with van der Waals surface area (Å²) in [4.78, 5) is 4.70. The van der Waals surface area contributed by atoms with Crippen molar-refractivity contribution in [2.24, 2.45) is 0 Å². The third-order valence-corrected chi connectivity index (χ3v) is 6.51. The van der Waals surface area contributed by atoms with Gasteiger partial charge in [0.25, 0.3) is 0 Å². The molecule has 0 radical (unpaired) electrons. The average molecular weight is 384 g/mol. The maximum Gasteiger partial charge on any atom is 0.184 e. The molecule has 0 amide bonds. The summed E-state index contributed by atoms with van der Waals surface area (Å²) in [6, 6.07) is 10.2. The zero-order chi connectivity index (χ0) is 18.9. The fraction of sp³-hybridized carbons (Fsp3) is 0.316. The van der Waals surface area contributed by atoms with Gasteiger partial charge in [0, 0.05) is 6.20 Å². The molecule has 1 aromatic carbocycles. The Morgan fingerprint density at radius 1 is 1.19 bits per heavy atom. The zero-order valence-corrected chi connectivity index (χ0v) is 15.5. The fourth-order valence-electron chi connectivity index (χ4n) is 3.45. The molecule has 1 N–H and O–H groups in total. The Balaban J connectivity index is 1.56. The number of benzene rings is 1. The first kappa shape index (κ1) is 17.8. The molecule has 1 atom stereocenters. The van der Waals surface area contributed by atoms with Crippen LogP contribution < -0.4 is 0 Å². The number of pyridine rings is 1. The number of aryl methyl sites for hydroxylation is 1. The Hall–Kier alpha value is -2.58. The second-order valence-electron chi connectivity index (χ2n) is 6.71. The molecular weight excluding hydrogens is 364 g/mol. The molecule has 0 saturated heterocycles. The number of fused-ring (bicyclic) bond motifs is 1. The van der Waals surface area contributed by atoms with E-state index in [1.165, 1.54) is 17.7 Å². The Morgan fingerprint density at radius 2 is 2.00 bits per heavy atom. The normalized spacial score (nSPS) is 16.9. The number of hydrogen-bond acceptors (Lipinski definition) is 6. The first-order chi connectivity index (χ1) is 13.1. The SMILES string of the molecule is O=S(=O)(Cc1cn(C2CCCc3cccnc32)nn1)c1ccc(CO)cc1. The highest BCUT2D eigenvalue weighted by molar-refractivity contribution is 7.90. The first-order valence-electron chi connectivity index (χ1n) is 8.84. The molecule has 0 aliphatic heterocycles. The topological polar surface area (TPSA) is 98.0 Å². The van der Waals surface area contributed by atoms with Crippen molar-refractivity contribution < 1.29 is 13.5 Å². The van der Waals surface area contributed by atoms with E-state index < -0.39 is 9.84 Å². The van der Waals surface area contributed by atoms with Gasteiger partial charge >= 0.3 is 0 Å². The second kappa shape index (κ2) is 7.21. The van der Waals surface area contributed by atoms with Gasteiger partial charge in [-0.3, -0.25) is 4.98 Å². The van der Waals surface area contributed by atoms with Crippen molar-refractivity contribution in [3.8, 4) is 0 Å². The highest BCUT2D eigenvalue weighted by Gasteiger charge is 2.25. The molecule has 7 nitrogen and oxygen atoms in total. The van der Waals surface area contributed by atoms with E-state index in [2.05, 4.69) is 21.4 Å². The third-order valence-electron chi connectivity index (χ3n) is 4.85. The van der Waals surface area contributed by atoms with Gasteiger partial charge in [-0.05, 0) is 48.6 Å². The molecule has 1 aliphatic carbocycles. The Morgan fingerprint density at radius 3 is 2.78 bits per heavy atom. The number of aliphatic hydroxyl groups excluding tert-OH is 1. The predicted octanol–water partition coefficient (Wildman–Crippen LogP) is 2.06. The highest BCUT2D eigenvalue weighted by Crippen LogP contribution is 2.30. The minimum Gasteiger partial charge on any atom is -0.392 e. The smallest absolute Gasteiger partial charge is 0.184 e. The van der Waals surface area contributed by atoms with E-state index in [1.54, 1.807) is 29.2 Å². The minimum absolute atomic E-state index is 0.0114. The third kappa shape index (κ3) is 3.63. The molecule has 0 spiro atoms. The van der Waals surface area contributed by atoms with Crippen molar-refractivity contribution in [2.75, 3.05) is 0 Å². The van der Waals surface area contributed by atoms with Gasteiger partial charge in [0.15, 0.2) is 9.84 Å². The van der Waals surface area contributed by atoms with Crippen LogP contribution in [0.4, 0.5) is 0 Å². The molecule has 1 aliphatic rings. The first-order valence-corrected chi connectivity index (χ1v) is 10.5. The van der Waals surface area contributed by atoms with E-state index in [9.17, 15) is 8.42 Å². The lowest BCUT2D eigenvalue weighted by Crippen LogP contribution is -2.19. The van der Waals surface area contributed by atoms with Gasteiger partial charge in [-0.2, -0.15) is 0 Å². The number of aromatic nitrogens is 4. The number of hydrogen-bond donors (Lipinski definition) is 1. The van der Waals surface area contributed by atoms with Crippen molar-refractivity contribution in [2.45, 2.75) is 42.6 Å². The van der Waals surface area contributed by atoms with E-state index in [0.717, 1.165) is 25.0 Å². The largest absolute Gasteiger partial charge is 0.392 e. The van der Waals surface area contributed by atoms with Gasteiger partial charge in [-0.1, -0.05) is 23.4 Å². The van der Waals surface area contributed by atoms with Crippen molar-refractivity contribution >= 4 is 9.84 Å². The summed E-state index contributed by atoms with van der Waals surface area (Å²) in [6.45, 7) is -0.119. The molecule has 27 heavy (non-hydrogen) atoms. The molecule has 2 heterocycles. The summed E-state index contributed by atoms with van der Waals surface area (Å²) >= 11 is 0. The molecule has 0 saturated carbocycles. The number of rotatable bonds is 5. The summed E-state index contributed by atoms with van der Waals surface area (Å²) in [7, 11) is -3.53. The highest BCUT2D eigenvalue weighted by atomic mass is 32.2. The van der Waals surface area contributed by atoms with Gasteiger partial charge in [0.05, 0.1) is 35.1 Å². The molecule has 3 aromatic rings. The summed E-state index contributed by atoms with van der Waals surface area (Å²) in [6.07, 6.45) is 6.42. The van der Waals surface area contributed by atoms with E-state index in [0.29, 0.717) is 11.3 Å². The lowest BCUT2D eigenvalue weighted by atomic mass is 9.92. The van der Waals surface area contributed by atoms with Crippen LogP contribution in [-0.4, -0.2) is 33.5 Å². The summed E-state index contributed by atoms with van der Waals surface area (Å²) in [5.74, 6) is -0.215. The van der Waals surface area contributed by atoms with Crippen molar-refractivity contribution in [1.29, 1.82) is 0 Å². The van der Waals surface area contributed by atoms with Crippen LogP contribution in [0.3, 0.4) is 0 Å². The van der Waals surface area contributed by atoms with Gasteiger partial charge in [-0.15, -0.1) is 5.10 Å². The number of nitrogens with zero attached hydrogens (tertiary/aromatic N) is 4. The molecule has 0 fully saturated rings. The van der Waals surface area contributed by atoms with Gasteiger partial charge in [0.1, 0.15) is 5.75 Å². The van der Waals surface area contributed by atoms with Gasteiger partial charge < -0.3 is 5.11 Å². The van der Waals surface area contributed by atoms with E-state index in [-0.39, 0.29) is 23.3 Å². The number of aliphatic hydroxyl groups is 1. The Labute approximate surface area is 157 Å². The van der Waals surface area contributed by atoms with Crippen molar-refractivity contribution in [1.82, 2.24) is 20.0 Å². The van der Waals surface area contributed by atoms with Crippen LogP contribution in [0.2, 0.25) is 0 Å². The minimum atomic E-state index is -3.53. The quantitative estimate of drug-likeness (QED) is 0.723. The molecule has 8 heteroatoms. The molecule has 0 bridgehead atoms. The van der Waals surface area contributed by atoms with E-state index in [1.807, 2.05) is 6.07 Å². The lowest BCUT2D eigenvalue weighted by Gasteiger charge is -2.23. The average Bonchev–Trinajstić information content (AvgIpc) is 3.15. The molecule has 140 valence electrons. The second-order valence-corrected chi connectivity index (χ2v) is 8.70. The van der Waals surface area contributed by atoms with Crippen LogP contribution in [-0.2, 0) is 28.6 Å². The fourth-order valence-corrected chi connectivity index (χ4v) is 4.69. The zero-order valence-electron chi connectivity index (χ0n) is 14.7. The van der Waals surface area contributed by atoms with Gasteiger partial charge in [-0.25, -0.2) is 13.1 Å². The molecular formula is C19H20N4O3S.